The van der Waals surface area contributed by atoms with Crippen molar-refractivity contribution in [2.45, 2.75) is 13.8 Å². The molecule has 1 aromatic heterocycles. The molecule has 2 aromatic carbocycles. The second-order valence-electron chi connectivity index (χ2n) is 6.61. The summed E-state index contributed by atoms with van der Waals surface area (Å²) in [6.07, 6.45) is 0. The van der Waals surface area contributed by atoms with Gasteiger partial charge in [0.15, 0.2) is 5.13 Å². The SMILES string of the molecule is CC(=O)Nc1nc(C)c(N(c2ccc(OCCOc3ccccc3C(=O)O)cc2)S(=O)O)s1. The van der Waals surface area contributed by atoms with Gasteiger partial charge in [0, 0.05) is 6.92 Å². The van der Waals surface area contributed by atoms with Gasteiger partial charge in [0.1, 0.15) is 35.3 Å². The molecule has 33 heavy (non-hydrogen) atoms. The maximum atomic E-state index is 12.0. The van der Waals surface area contributed by atoms with Crippen LogP contribution in [0.4, 0.5) is 15.8 Å². The molecule has 1 amide bonds. The van der Waals surface area contributed by atoms with Crippen LogP contribution in [0, 0.1) is 6.92 Å². The molecule has 0 radical (unpaired) electrons. The molecule has 3 N–H and O–H groups in total. The standard InChI is InChI=1S/C21H21N3O7S2/c1-13-19(32-21(22-13)23-14(2)25)24(33(28)29)15-7-9-16(10-8-15)30-11-12-31-18-6-4-3-5-17(18)20(26)27/h3-10H,11-12H2,1-2H3,(H,26,27)(H,28,29)(H,22,23,25). The highest BCUT2D eigenvalue weighted by atomic mass is 32.2. The molecule has 1 heterocycles. The number of ether oxygens (including phenoxy) is 2. The van der Waals surface area contributed by atoms with Crippen molar-refractivity contribution in [3.8, 4) is 11.5 Å². The van der Waals surface area contributed by atoms with Crippen molar-refractivity contribution in [3.05, 3.63) is 59.8 Å². The Hall–Kier alpha value is -3.48. The Morgan fingerprint density at radius 3 is 2.42 bits per heavy atom. The summed E-state index contributed by atoms with van der Waals surface area (Å²) < 4.78 is 34.2. The molecule has 12 heteroatoms. The monoisotopic (exact) mass is 491 g/mol. The highest BCUT2D eigenvalue weighted by Crippen LogP contribution is 2.37. The van der Waals surface area contributed by atoms with Gasteiger partial charge in [0.25, 0.3) is 11.3 Å². The third-order valence-corrected chi connectivity index (χ3v) is 6.07. The topological polar surface area (TPSA) is 138 Å². The van der Waals surface area contributed by atoms with Crippen LogP contribution in [0.2, 0.25) is 0 Å². The second-order valence-corrected chi connectivity index (χ2v) is 8.41. The number of nitrogens with zero attached hydrogens (tertiary/aromatic N) is 2. The van der Waals surface area contributed by atoms with Gasteiger partial charge in [-0.1, -0.05) is 23.5 Å². The molecule has 0 fully saturated rings. The van der Waals surface area contributed by atoms with E-state index in [4.69, 9.17) is 9.47 Å². The highest BCUT2D eigenvalue weighted by molar-refractivity contribution is 7.81. The van der Waals surface area contributed by atoms with Gasteiger partial charge in [-0.05, 0) is 43.3 Å². The van der Waals surface area contributed by atoms with Gasteiger partial charge in [-0.25, -0.2) is 18.3 Å². The molecule has 10 nitrogen and oxygen atoms in total. The summed E-state index contributed by atoms with van der Waals surface area (Å²) in [7, 11) is 0. The average molecular weight is 492 g/mol. The lowest BCUT2D eigenvalue weighted by atomic mass is 10.2. The number of rotatable bonds is 10. The molecule has 0 saturated carbocycles. The first kappa shape index (κ1) is 24.2. The summed E-state index contributed by atoms with van der Waals surface area (Å²) in [5.74, 6) is -0.613. The number of thiazole rings is 1. The molecule has 1 unspecified atom stereocenters. The molecule has 0 aliphatic rings. The van der Waals surface area contributed by atoms with Gasteiger partial charge in [0.2, 0.25) is 5.91 Å². The minimum Gasteiger partial charge on any atom is -0.490 e. The number of carboxylic acid groups (broad SMARTS) is 1. The quantitative estimate of drug-likeness (QED) is 0.287. The molecule has 3 aromatic rings. The third kappa shape index (κ3) is 6.28. The largest absolute Gasteiger partial charge is 0.490 e. The molecule has 0 spiro atoms. The van der Waals surface area contributed by atoms with E-state index in [9.17, 15) is 23.5 Å². The Bertz CT molecular complexity index is 1160. The number of carbonyl (C=O) groups is 2. The van der Waals surface area contributed by atoms with Crippen LogP contribution in [0.15, 0.2) is 48.5 Å². The number of carboxylic acids is 1. The first-order valence-electron chi connectivity index (χ1n) is 9.60. The Morgan fingerprint density at radius 2 is 1.79 bits per heavy atom. The van der Waals surface area contributed by atoms with Crippen LogP contribution in [-0.2, 0) is 16.1 Å². The van der Waals surface area contributed by atoms with Crippen molar-refractivity contribution in [1.82, 2.24) is 4.98 Å². The van der Waals surface area contributed by atoms with Gasteiger partial charge in [-0.3, -0.25) is 9.35 Å². The molecule has 3 rings (SSSR count). The molecule has 0 aliphatic carbocycles. The van der Waals surface area contributed by atoms with Gasteiger partial charge < -0.3 is 19.9 Å². The number of anilines is 3. The van der Waals surface area contributed by atoms with Crippen LogP contribution in [0.1, 0.15) is 23.0 Å². The van der Waals surface area contributed by atoms with E-state index in [1.807, 2.05) is 0 Å². The van der Waals surface area contributed by atoms with Crippen molar-refractivity contribution in [1.29, 1.82) is 0 Å². The first-order chi connectivity index (χ1) is 15.8. The van der Waals surface area contributed by atoms with Crippen LogP contribution in [0.25, 0.3) is 0 Å². The number of amides is 1. The number of aromatic carboxylic acids is 1. The van der Waals surface area contributed by atoms with Crippen molar-refractivity contribution >= 4 is 50.3 Å². The van der Waals surface area contributed by atoms with E-state index in [-0.39, 0.29) is 30.4 Å². The lowest BCUT2D eigenvalue weighted by Crippen LogP contribution is -2.19. The number of hydrogen-bond donors (Lipinski definition) is 3. The highest BCUT2D eigenvalue weighted by Gasteiger charge is 2.22. The first-order valence-corrected chi connectivity index (χ1v) is 11.5. The van der Waals surface area contributed by atoms with Crippen molar-refractivity contribution in [3.63, 3.8) is 0 Å². The summed E-state index contributed by atoms with van der Waals surface area (Å²) in [5.41, 5.74) is 0.986. The summed E-state index contributed by atoms with van der Waals surface area (Å²) in [6, 6.07) is 12.8. The number of carbonyl (C=O) groups excluding carboxylic acids is 1. The van der Waals surface area contributed by atoms with E-state index in [0.29, 0.717) is 27.3 Å². The predicted molar refractivity (Wildman–Crippen MR) is 125 cm³/mol. The molecular weight excluding hydrogens is 470 g/mol. The molecule has 0 aliphatic heterocycles. The van der Waals surface area contributed by atoms with Crippen LogP contribution in [0.5, 0.6) is 11.5 Å². The summed E-state index contributed by atoms with van der Waals surface area (Å²) in [6.45, 7) is 3.33. The molecule has 1 atom stereocenters. The number of hydrogen-bond acceptors (Lipinski definition) is 7. The van der Waals surface area contributed by atoms with Crippen LogP contribution in [0.3, 0.4) is 0 Å². The van der Waals surface area contributed by atoms with E-state index < -0.39 is 17.2 Å². The van der Waals surface area contributed by atoms with E-state index in [1.165, 1.54) is 17.3 Å². The van der Waals surface area contributed by atoms with Gasteiger partial charge in [-0.2, -0.15) is 0 Å². The fraction of sp³-hybridized carbons (Fsp3) is 0.190. The lowest BCUT2D eigenvalue weighted by molar-refractivity contribution is -0.114. The number of nitrogens with one attached hydrogen (secondary N) is 1. The Labute approximate surface area is 196 Å². The Balaban J connectivity index is 1.64. The number of aromatic nitrogens is 1. The number of benzene rings is 2. The summed E-state index contributed by atoms with van der Waals surface area (Å²) in [5, 5.41) is 12.5. The third-order valence-electron chi connectivity index (χ3n) is 4.19. The fourth-order valence-corrected chi connectivity index (χ4v) is 4.64. The van der Waals surface area contributed by atoms with Gasteiger partial charge in [-0.15, -0.1) is 0 Å². The molecule has 0 saturated heterocycles. The van der Waals surface area contributed by atoms with Crippen LogP contribution < -0.4 is 19.1 Å². The summed E-state index contributed by atoms with van der Waals surface area (Å²) in [4.78, 5) is 26.7. The van der Waals surface area contributed by atoms with Crippen LogP contribution >= 0.6 is 11.3 Å². The molecule has 0 bridgehead atoms. The van der Waals surface area contributed by atoms with Crippen LogP contribution in [-0.4, -0.2) is 43.9 Å². The normalized spacial score (nSPS) is 11.5. The van der Waals surface area contributed by atoms with Crippen molar-refractivity contribution < 1.29 is 32.9 Å². The van der Waals surface area contributed by atoms with Gasteiger partial charge in [0.05, 0.1) is 11.4 Å². The van der Waals surface area contributed by atoms with E-state index >= 15 is 0 Å². The number of aryl methyl sites for hydroxylation is 1. The fourth-order valence-electron chi connectivity index (χ4n) is 2.82. The van der Waals surface area contributed by atoms with Gasteiger partial charge >= 0.3 is 5.97 Å². The zero-order chi connectivity index (χ0) is 24.0. The maximum Gasteiger partial charge on any atom is 0.339 e. The summed E-state index contributed by atoms with van der Waals surface area (Å²) >= 11 is -1.29. The Kier molecular flexibility index (Phi) is 7.98. The van der Waals surface area contributed by atoms with E-state index in [0.717, 1.165) is 11.3 Å². The minimum absolute atomic E-state index is 0.0685. The maximum absolute atomic E-state index is 12.0. The molecule has 174 valence electrons. The number of para-hydroxylation sites is 1. The molecular formula is C21H21N3O7S2. The van der Waals surface area contributed by atoms with E-state index in [1.54, 1.807) is 49.4 Å². The second kappa shape index (κ2) is 10.9. The Morgan fingerprint density at radius 1 is 1.12 bits per heavy atom. The minimum atomic E-state index is -2.37. The smallest absolute Gasteiger partial charge is 0.339 e. The lowest BCUT2D eigenvalue weighted by Gasteiger charge is -2.19. The average Bonchev–Trinajstić information content (AvgIpc) is 3.11. The zero-order valence-corrected chi connectivity index (χ0v) is 19.3. The van der Waals surface area contributed by atoms with E-state index in [2.05, 4.69) is 10.3 Å². The predicted octanol–water partition coefficient (Wildman–Crippen LogP) is 3.84. The van der Waals surface area contributed by atoms with Crippen molar-refractivity contribution in [2.75, 3.05) is 22.8 Å². The van der Waals surface area contributed by atoms with Crippen molar-refractivity contribution in [2.24, 2.45) is 0 Å². The zero-order valence-electron chi connectivity index (χ0n) is 17.7.